The summed E-state index contributed by atoms with van der Waals surface area (Å²) >= 11 is 8.16. The van der Waals surface area contributed by atoms with E-state index in [0.29, 0.717) is 15.7 Å². The lowest BCUT2D eigenvalue weighted by molar-refractivity contribution is -0.173. The molecule has 0 aliphatic carbocycles. The SMILES string of the molecule is C[C@@H](N1CN([C@@H]2c3ccccc3SCc3c(Cl)cccc32)n2ccc(=O)c(OC(=O)CN(C)C)c2C1=O)C(F)(F)F. The number of ether oxygens (including phenoxy) is 1. The molecule has 0 saturated heterocycles. The van der Waals surface area contributed by atoms with Crippen LogP contribution in [0.25, 0.3) is 0 Å². The number of esters is 1. The van der Waals surface area contributed by atoms with Crippen LogP contribution in [0, 0.1) is 0 Å². The summed E-state index contributed by atoms with van der Waals surface area (Å²) < 4.78 is 49.0. The first-order chi connectivity index (χ1) is 19.4. The molecule has 0 N–H and O–H groups in total. The number of halogens is 4. The Hall–Kier alpha value is -3.48. The lowest BCUT2D eigenvalue weighted by Gasteiger charge is -2.46. The summed E-state index contributed by atoms with van der Waals surface area (Å²) in [4.78, 5) is 42.3. The molecule has 0 radical (unpaired) electrons. The summed E-state index contributed by atoms with van der Waals surface area (Å²) in [7, 11) is 3.22. The number of fused-ring (bicyclic) bond motifs is 3. The molecule has 2 aliphatic rings. The molecule has 0 fully saturated rings. The number of rotatable bonds is 5. The highest BCUT2D eigenvalue weighted by Gasteiger charge is 2.48. The topological polar surface area (TPSA) is 75.1 Å². The summed E-state index contributed by atoms with van der Waals surface area (Å²) in [5, 5.41) is 2.07. The van der Waals surface area contributed by atoms with Gasteiger partial charge in [0, 0.05) is 27.9 Å². The molecule has 3 aromatic rings. The van der Waals surface area contributed by atoms with Crippen molar-refractivity contribution in [3.8, 4) is 5.75 Å². The largest absolute Gasteiger partial charge is 0.419 e. The monoisotopic (exact) mass is 606 g/mol. The first-order valence-corrected chi connectivity index (χ1v) is 14.0. The Labute approximate surface area is 243 Å². The zero-order valence-electron chi connectivity index (χ0n) is 22.3. The maximum absolute atomic E-state index is 14.1. The van der Waals surface area contributed by atoms with Crippen LogP contribution in [0.5, 0.6) is 5.75 Å². The van der Waals surface area contributed by atoms with Crippen LogP contribution in [0.2, 0.25) is 5.02 Å². The normalized spacial score (nSPS) is 17.5. The molecule has 5 rings (SSSR count). The summed E-state index contributed by atoms with van der Waals surface area (Å²) in [5.74, 6) is -2.03. The minimum Gasteiger partial charge on any atom is -0.419 e. The zero-order chi connectivity index (χ0) is 29.6. The summed E-state index contributed by atoms with van der Waals surface area (Å²) in [6, 6.07) is 11.1. The van der Waals surface area contributed by atoms with Gasteiger partial charge in [-0.2, -0.15) is 13.2 Å². The Morgan fingerprint density at radius 2 is 1.83 bits per heavy atom. The van der Waals surface area contributed by atoms with E-state index in [2.05, 4.69) is 0 Å². The molecule has 0 unspecified atom stereocenters. The summed E-state index contributed by atoms with van der Waals surface area (Å²) in [6.07, 6.45) is -3.45. The van der Waals surface area contributed by atoms with Gasteiger partial charge in [0.2, 0.25) is 11.2 Å². The van der Waals surface area contributed by atoms with Crippen LogP contribution in [0.3, 0.4) is 0 Å². The molecular weight excluding hydrogens is 581 g/mol. The molecule has 0 bridgehead atoms. The molecule has 1 aromatic heterocycles. The van der Waals surface area contributed by atoms with Crippen LogP contribution in [0.1, 0.15) is 40.1 Å². The second kappa shape index (κ2) is 11.1. The third-order valence-electron chi connectivity index (χ3n) is 7.01. The van der Waals surface area contributed by atoms with Gasteiger partial charge in [-0.05, 0) is 49.8 Å². The third kappa shape index (κ3) is 5.43. The van der Waals surface area contributed by atoms with Crippen molar-refractivity contribution in [3.63, 3.8) is 0 Å². The minimum absolute atomic E-state index is 0.215. The molecule has 2 aliphatic heterocycles. The quantitative estimate of drug-likeness (QED) is 0.391. The number of hydrogen-bond donors (Lipinski definition) is 0. The van der Waals surface area contributed by atoms with Crippen molar-refractivity contribution in [1.82, 2.24) is 14.5 Å². The van der Waals surface area contributed by atoms with E-state index < -0.39 is 53.7 Å². The predicted molar refractivity (Wildman–Crippen MR) is 149 cm³/mol. The number of nitrogens with zero attached hydrogens (tertiary/aromatic N) is 4. The van der Waals surface area contributed by atoms with Crippen LogP contribution in [-0.4, -0.2) is 65.9 Å². The molecule has 2 atom stereocenters. The van der Waals surface area contributed by atoms with Gasteiger partial charge in [-0.3, -0.25) is 29.0 Å². The molecule has 216 valence electrons. The molecule has 3 heterocycles. The van der Waals surface area contributed by atoms with Gasteiger partial charge in [0.15, 0.2) is 5.69 Å². The zero-order valence-corrected chi connectivity index (χ0v) is 23.9. The van der Waals surface area contributed by atoms with Gasteiger partial charge in [-0.15, -0.1) is 11.8 Å². The van der Waals surface area contributed by atoms with Crippen LogP contribution in [0.4, 0.5) is 13.2 Å². The smallest absolute Gasteiger partial charge is 0.408 e. The second-order valence-electron chi connectivity index (χ2n) is 10.0. The number of amides is 1. The first kappa shape index (κ1) is 29.0. The molecule has 1 amide bonds. The van der Waals surface area contributed by atoms with Crippen molar-refractivity contribution in [2.45, 2.75) is 35.8 Å². The molecule has 13 heteroatoms. The predicted octanol–water partition coefficient (Wildman–Crippen LogP) is 4.67. The number of alkyl halides is 3. The van der Waals surface area contributed by atoms with Crippen molar-refractivity contribution in [1.29, 1.82) is 0 Å². The number of thioether (sulfide) groups is 1. The van der Waals surface area contributed by atoms with Crippen LogP contribution < -0.4 is 15.2 Å². The lowest BCUT2D eigenvalue weighted by atomic mass is 9.94. The fourth-order valence-corrected chi connectivity index (χ4v) is 6.46. The molecule has 0 spiro atoms. The van der Waals surface area contributed by atoms with Gasteiger partial charge in [-0.1, -0.05) is 41.9 Å². The molecule has 8 nitrogen and oxygen atoms in total. The van der Waals surface area contributed by atoms with E-state index in [1.54, 1.807) is 43.0 Å². The summed E-state index contributed by atoms with van der Waals surface area (Å²) in [5.41, 5.74) is 1.04. The van der Waals surface area contributed by atoms with Crippen LogP contribution in [0.15, 0.2) is 64.4 Å². The maximum atomic E-state index is 14.1. The molecule has 2 aromatic carbocycles. The number of carbonyl (C=O) groups is 2. The Bertz CT molecular complexity index is 1580. The number of aromatic nitrogens is 1. The van der Waals surface area contributed by atoms with Gasteiger partial charge < -0.3 is 9.64 Å². The number of carbonyl (C=O) groups excluding carboxylic acids is 2. The van der Waals surface area contributed by atoms with Crippen LogP contribution in [-0.2, 0) is 10.5 Å². The van der Waals surface area contributed by atoms with Crippen molar-refractivity contribution in [2.24, 2.45) is 0 Å². The van der Waals surface area contributed by atoms with E-state index in [0.717, 1.165) is 34.6 Å². The number of likely N-dealkylation sites (N-methyl/N-ethyl adjacent to an activating group) is 1. The van der Waals surface area contributed by atoms with Crippen LogP contribution >= 0.6 is 23.4 Å². The van der Waals surface area contributed by atoms with Crippen molar-refractivity contribution < 1.29 is 27.5 Å². The molecular formula is C28H26ClF3N4O4S. The van der Waals surface area contributed by atoms with Crippen molar-refractivity contribution in [3.05, 3.63) is 92.4 Å². The Kier molecular flexibility index (Phi) is 7.84. The van der Waals surface area contributed by atoms with E-state index in [4.69, 9.17) is 16.3 Å². The third-order valence-corrected chi connectivity index (χ3v) is 8.48. The van der Waals surface area contributed by atoms with Gasteiger partial charge in [0.1, 0.15) is 12.7 Å². The number of hydrogen-bond acceptors (Lipinski definition) is 7. The van der Waals surface area contributed by atoms with E-state index >= 15 is 0 Å². The second-order valence-corrected chi connectivity index (χ2v) is 11.4. The minimum atomic E-state index is -4.77. The Morgan fingerprint density at radius 1 is 1.12 bits per heavy atom. The first-order valence-electron chi connectivity index (χ1n) is 12.6. The lowest BCUT2D eigenvalue weighted by Crippen LogP contribution is -2.60. The van der Waals surface area contributed by atoms with E-state index in [1.165, 1.54) is 15.8 Å². The average molecular weight is 607 g/mol. The van der Waals surface area contributed by atoms with Gasteiger partial charge in [-0.25, -0.2) is 0 Å². The van der Waals surface area contributed by atoms with Gasteiger partial charge in [0.25, 0.3) is 5.91 Å². The highest BCUT2D eigenvalue weighted by Crippen LogP contribution is 2.45. The van der Waals surface area contributed by atoms with E-state index in [1.807, 2.05) is 30.3 Å². The highest BCUT2D eigenvalue weighted by molar-refractivity contribution is 7.98. The van der Waals surface area contributed by atoms with Gasteiger partial charge >= 0.3 is 12.1 Å². The highest BCUT2D eigenvalue weighted by atomic mass is 35.5. The average Bonchev–Trinajstić information content (AvgIpc) is 3.07. The van der Waals surface area contributed by atoms with Crippen molar-refractivity contribution >= 4 is 35.2 Å². The van der Waals surface area contributed by atoms with Gasteiger partial charge in [0.05, 0.1) is 12.6 Å². The van der Waals surface area contributed by atoms with E-state index in [-0.39, 0.29) is 6.54 Å². The van der Waals surface area contributed by atoms with Crippen molar-refractivity contribution in [2.75, 3.05) is 32.3 Å². The van der Waals surface area contributed by atoms with E-state index in [9.17, 15) is 27.6 Å². The maximum Gasteiger partial charge on any atom is 0.408 e. The molecule has 0 saturated carbocycles. The fraction of sp³-hybridized carbons (Fsp3) is 0.321. The number of pyridine rings is 1. The summed E-state index contributed by atoms with van der Waals surface area (Å²) in [6.45, 7) is 0.190. The Morgan fingerprint density at radius 3 is 2.54 bits per heavy atom. The number of benzene rings is 2. The Balaban J connectivity index is 1.77. The standard InChI is InChI=1S/C28H26ClF3N4O4S/c1-16(28(30,31)32)34-15-36(35-12-11-21(37)26(25(35)27(34)39)40-23(38)13-33(2)3)24-17-8-6-9-20(29)19(17)14-41-22-10-5-4-7-18(22)24/h4-12,16,24H,13-15H2,1-3H3/t16-,24+/m1/s1. The molecule has 41 heavy (non-hydrogen) atoms. The fourth-order valence-electron chi connectivity index (χ4n) is 4.99.